The summed E-state index contributed by atoms with van der Waals surface area (Å²) in [5.41, 5.74) is 3.45. The number of aryl methyl sites for hydroxylation is 1. The number of methoxy groups -OCH3 is 1. The minimum Gasteiger partial charge on any atom is -0.490 e. The quantitative estimate of drug-likeness (QED) is 0.401. The Labute approximate surface area is 290 Å². The van der Waals surface area contributed by atoms with Gasteiger partial charge in [-0.05, 0) is 111 Å². The molecule has 7 rings (SSSR count). The van der Waals surface area contributed by atoms with Gasteiger partial charge in [-0.2, -0.15) is 0 Å². The van der Waals surface area contributed by atoms with Crippen molar-refractivity contribution < 1.29 is 32.2 Å². The molecule has 0 radical (unpaired) electrons. The van der Waals surface area contributed by atoms with Crippen LogP contribution in [0, 0.1) is 23.7 Å². The molecular formula is C37H49ClN2O7S. The van der Waals surface area contributed by atoms with Gasteiger partial charge in [-0.1, -0.05) is 31.0 Å². The van der Waals surface area contributed by atoms with Crippen molar-refractivity contribution in [1.82, 2.24) is 4.72 Å². The number of benzene rings is 2. The standard InChI is InChI=1S/C37H49ClN2O7S/c1-23-6-4-8-31(36-45-19-29(44-3)20-46-36)30-12-9-27(30)18-40-21-37(15-5-7-25-16-28(38)11-13-32(25)37)22-47-34-14-10-26(17-33(34)40)35(41)39-48(42,43)24(23)2/h10-11,13-14,16-17,23-24,27,29-31,36H,4-9,12,15,18-22H2,1-3H3,(H,39,41)/t23-,24+,27-,29-,30+,31+,36-,37-/m0/s1. The Kier molecular flexibility index (Phi) is 9.76. The van der Waals surface area contributed by atoms with E-state index < -0.39 is 21.2 Å². The van der Waals surface area contributed by atoms with Crippen LogP contribution in [0.5, 0.6) is 5.75 Å². The molecule has 2 fully saturated rings. The highest BCUT2D eigenvalue weighted by Gasteiger charge is 2.46. The zero-order valence-corrected chi connectivity index (χ0v) is 29.9. The van der Waals surface area contributed by atoms with Crippen LogP contribution in [0.4, 0.5) is 5.69 Å². The zero-order valence-electron chi connectivity index (χ0n) is 28.3. The molecule has 0 unspecified atom stereocenters. The first-order chi connectivity index (χ1) is 23.1. The van der Waals surface area contributed by atoms with E-state index in [1.54, 1.807) is 20.1 Å². The van der Waals surface area contributed by atoms with Crippen molar-refractivity contribution in [3.63, 3.8) is 0 Å². The summed E-state index contributed by atoms with van der Waals surface area (Å²) in [4.78, 5) is 16.0. The number of nitrogens with zero attached hydrogens (tertiary/aromatic N) is 1. The normalized spacial score (nSPS) is 35.3. The van der Waals surface area contributed by atoms with E-state index in [0.717, 1.165) is 75.2 Å². The Morgan fingerprint density at radius 2 is 1.81 bits per heavy atom. The molecule has 2 bridgehead atoms. The number of nitrogens with one attached hydrogen (secondary N) is 1. The Morgan fingerprint density at radius 1 is 1.00 bits per heavy atom. The van der Waals surface area contributed by atoms with Gasteiger partial charge in [-0.3, -0.25) is 4.79 Å². The predicted octanol–water partition coefficient (Wildman–Crippen LogP) is 6.11. The van der Waals surface area contributed by atoms with Crippen LogP contribution in [-0.4, -0.2) is 72.0 Å². The summed E-state index contributed by atoms with van der Waals surface area (Å²) in [6, 6.07) is 11.6. The average Bonchev–Trinajstić information content (AvgIpc) is 3.21. The Morgan fingerprint density at radius 3 is 2.56 bits per heavy atom. The molecule has 1 saturated heterocycles. The fourth-order valence-electron chi connectivity index (χ4n) is 8.86. The molecule has 2 aromatic carbocycles. The summed E-state index contributed by atoms with van der Waals surface area (Å²) in [7, 11) is -2.22. The molecule has 5 aliphatic rings. The molecule has 1 amide bonds. The SMILES string of the molecule is CO[C@H]1CO[C@H]([C@@H]2CCC[C@H](C)[C@@H](C)S(=O)(=O)NC(=O)c3ccc4c(c3)N(C[C@@H]3CC[C@H]32)C[C@@]2(CCCc3cc(Cl)ccc32)CO4)OC1. The number of anilines is 1. The van der Waals surface area contributed by atoms with E-state index >= 15 is 0 Å². The molecule has 48 heavy (non-hydrogen) atoms. The second-order valence-corrected chi connectivity index (χ2v) is 17.4. The van der Waals surface area contributed by atoms with Crippen LogP contribution in [-0.2, 0) is 36.1 Å². The van der Waals surface area contributed by atoms with Crippen molar-refractivity contribution >= 4 is 33.2 Å². The van der Waals surface area contributed by atoms with Gasteiger partial charge in [0.1, 0.15) is 11.9 Å². The fourth-order valence-corrected chi connectivity index (χ4v) is 10.4. The number of amides is 1. The van der Waals surface area contributed by atoms with Gasteiger partial charge in [0.05, 0.1) is 30.8 Å². The summed E-state index contributed by atoms with van der Waals surface area (Å²) >= 11 is 6.46. The zero-order chi connectivity index (χ0) is 33.6. The third-order valence-corrected chi connectivity index (χ3v) is 14.2. The molecule has 1 spiro atoms. The number of hydrogen-bond donors (Lipinski definition) is 1. The lowest BCUT2D eigenvalue weighted by molar-refractivity contribution is -0.255. The maximum absolute atomic E-state index is 13.5. The van der Waals surface area contributed by atoms with Gasteiger partial charge in [0, 0.05) is 42.1 Å². The van der Waals surface area contributed by atoms with Gasteiger partial charge in [0.2, 0.25) is 10.0 Å². The number of hydrogen-bond acceptors (Lipinski definition) is 8. The van der Waals surface area contributed by atoms with E-state index in [1.807, 2.05) is 25.1 Å². The smallest absolute Gasteiger partial charge is 0.264 e. The maximum atomic E-state index is 13.5. The largest absolute Gasteiger partial charge is 0.490 e. The van der Waals surface area contributed by atoms with Crippen molar-refractivity contribution in [3.8, 4) is 5.75 Å². The summed E-state index contributed by atoms with van der Waals surface area (Å²) in [6.45, 7) is 6.71. The van der Waals surface area contributed by atoms with E-state index in [0.29, 0.717) is 43.0 Å². The van der Waals surface area contributed by atoms with Crippen LogP contribution < -0.4 is 14.4 Å². The van der Waals surface area contributed by atoms with E-state index in [-0.39, 0.29) is 29.6 Å². The predicted molar refractivity (Wildman–Crippen MR) is 185 cm³/mol. The first-order valence-corrected chi connectivity index (χ1v) is 19.6. The van der Waals surface area contributed by atoms with Crippen molar-refractivity contribution in [3.05, 3.63) is 58.1 Å². The molecule has 2 aromatic rings. The van der Waals surface area contributed by atoms with Crippen LogP contribution >= 0.6 is 11.6 Å². The van der Waals surface area contributed by atoms with Crippen LogP contribution in [0.1, 0.15) is 80.3 Å². The average molecular weight is 701 g/mol. The summed E-state index contributed by atoms with van der Waals surface area (Å²) in [5.74, 6) is 0.962. The molecule has 9 nitrogen and oxygen atoms in total. The Balaban J connectivity index is 1.27. The third-order valence-electron chi connectivity index (χ3n) is 12.1. The van der Waals surface area contributed by atoms with Gasteiger partial charge in [-0.25, -0.2) is 13.1 Å². The Bertz CT molecular complexity index is 1610. The van der Waals surface area contributed by atoms with E-state index in [9.17, 15) is 13.2 Å². The highest BCUT2D eigenvalue weighted by Crippen LogP contribution is 2.49. The highest BCUT2D eigenvalue weighted by molar-refractivity contribution is 7.90. The lowest BCUT2D eigenvalue weighted by Crippen LogP contribution is -2.51. The molecule has 1 N–H and O–H groups in total. The van der Waals surface area contributed by atoms with Crippen LogP contribution in [0.15, 0.2) is 36.4 Å². The molecule has 1 saturated carbocycles. The fraction of sp³-hybridized carbons (Fsp3) is 0.649. The number of ether oxygens (including phenoxy) is 4. The summed E-state index contributed by atoms with van der Waals surface area (Å²) in [6.07, 6.45) is 7.28. The van der Waals surface area contributed by atoms with Crippen molar-refractivity contribution in [2.75, 3.05) is 44.9 Å². The first kappa shape index (κ1) is 34.1. The van der Waals surface area contributed by atoms with E-state index in [2.05, 4.69) is 21.8 Å². The van der Waals surface area contributed by atoms with Crippen LogP contribution in [0.3, 0.4) is 0 Å². The minimum absolute atomic E-state index is 0.0711. The number of fused-ring (bicyclic) bond motifs is 4. The van der Waals surface area contributed by atoms with Gasteiger partial charge in [0.15, 0.2) is 6.29 Å². The summed E-state index contributed by atoms with van der Waals surface area (Å²) < 4.78 is 54.1. The molecule has 3 aliphatic heterocycles. The molecule has 11 heteroatoms. The molecular weight excluding hydrogens is 652 g/mol. The number of sulfonamides is 1. The maximum Gasteiger partial charge on any atom is 0.264 e. The lowest BCUT2D eigenvalue weighted by Gasteiger charge is -2.48. The second-order valence-electron chi connectivity index (χ2n) is 14.9. The van der Waals surface area contributed by atoms with Crippen LogP contribution in [0.2, 0.25) is 5.02 Å². The van der Waals surface area contributed by atoms with Crippen LogP contribution in [0.25, 0.3) is 0 Å². The minimum atomic E-state index is -3.91. The van der Waals surface area contributed by atoms with Gasteiger partial charge < -0.3 is 23.8 Å². The third kappa shape index (κ3) is 6.60. The number of carbonyl (C=O) groups excluding carboxylic acids is 1. The molecule has 3 heterocycles. The van der Waals surface area contributed by atoms with Gasteiger partial charge in [-0.15, -0.1) is 0 Å². The van der Waals surface area contributed by atoms with E-state index in [4.69, 9.17) is 30.5 Å². The number of halogens is 1. The highest BCUT2D eigenvalue weighted by atomic mass is 35.5. The molecule has 0 aromatic heterocycles. The monoisotopic (exact) mass is 700 g/mol. The van der Waals surface area contributed by atoms with Gasteiger partial charge in [0.25, 0.3) is 5.91 Å². The van der Waals surface area contributed by atoms with Crippen molar-refractivity contribution in [2.24, 2.45) is 23.7 Å². The summed E-state index contributed by atoms with van der Waals surface area (Å²) in [5, 5.41) is 0.0181. The Hall–Kier alpha value is -2.37. The topological polar surface area (TPSA) is 103 Å². The van der Waals surface area contributed by atoms with Crippen molar-refractivity contribution in [2.45, 2.75) is 88.3 Å². The number of carbonyl (C=O) groups is 1. The second kappa shape index (κ2) is 13.7. The molecule has 2 aliphatic carbocycles. The molecule has 262 valence electrons. The molecule has 6 atom stereocenters. The number of rotatable bonds is 2. The van der Waals surface area contributed by atoms with Crippen molar-refractivity contribution in [1.29, 1.82) is 0 Å². The first-order valence-electron chi connectivity index (χ1n) is 17.7. The van der Waals surface area contributed by atoms with E-state index in [1.165, 1.54) is 11.1 Å². The van der Waals surface area contributed by atoms with Gasteiger partial charge >= 0.3 is 0 Å². The lowest BCUT2D eigenvalue weighted by atomic mass is 9.64.